The van der Waals surface area contributed by atoms with Gasteiger partial charge in [-0.15, -0.1) is 0 Å². The summed E-state index contributed by atoms with van der Waals surface area (Å²) in [4.78, 5) is 26.7. The Morgan fingerprint density at radius 2 is 1.95 bits per heavy atom. The first kappa shape index (κ1) is 14.4. The van der Waals surface area contributed by atoms with Gasteiger partial charge in [-0.25, -0.2) is 0 Å². The fraction of sp³-hybridized carbons (Fsp3) is 0.867. The number of rotatable bonds is 4. The van der Waals surface area contributed by atoms with Crippen LogP contribution in [0.1, 0.15) is 53.4 Å². The molecular weight excluding hydrogens is 240 g/mol. The van der Waals surface area contributed by atoms with Crippen molar-refractivity contribution in [3.8, 4) is 0 Å². The smallest absolute Gasteiger partial charge is 0.246 e. The summed E-state index contributed by atoms with van der Waals surface area (Å²) in [6.45, 7) is 8.60. The van der Waals surface area contributed by atoms with Crippen LogP contribution in [0.15, 0.2) is 0 Å². The van der Waals surface area contributed by atoms with Gasteiger partial charge in [-0.05, 0) is 44.9 Å². The quantitative estimate of drug-likeness (QED) is 0.845. The molecule has 0 spiro atoms. The Bertz CT molecular complexity index is 372. The van der Waals surface area contributed by atoms with Crippen LogP contribution in [0.4, 0.5) is 0 Å². The van der Waals surface area contributed by atoms with E-state index in [1.165, 1.54) is 19.3 Å². The molecule has 0 aromatic heterocycles. The molecule has 1 atom stereocenters. The van der Waals surface area contributed by atoms with E-state index >= 15 is 0 Å². The maximum absolute atomic E-state index is 12.6. The second-order valence-electron chi connectivity index (χ2n) is 6.96. The zero-order valence-corrected chi connectivity index (χ0v) is 12.5. The maximum Gasteiger partial charge on any atom is 0.246 e. The van der Waals surface area contributed by atoms with Crippen LogP contribution in [-0.4, -0.2) is 34.8 Å². The number of nitrogens with zero attached hydrogens (tertiary/aromatic N) is 1. The minimum Gasteiger partial charge on any atom is -0.342 e. The first-order chi connectivity index (χ1) is 8.82. The highest BCUT2D eigenvalue weighted by Crippen LogP contribution is 2.31. The van der Waals surface area contributed by atoms with E-state index in [2.05, 4.69) is 19.2 Å². The Labute approximate surface area is 115 Å². The van der Waals surface area contributed by atoms with E-state index in [1.54, 1.807) is 0 Å². The van der Waals surface area contributed by atoms with Crippen molar-refractivity contribution >= 4 is 11.8 Å². The topological polar surface area (TPSA) is 49.4 Å². The molecule has 1 saturated carbocycles. The lowest BCUT2D eigenvalue weighted by Gasteiger charge is -2.47. The highest BCUT2D eigenvalue weighted by molar-refractivity contribution is 5.99. The Morgan fingerprint density at radius 1 is 1.32 bits per heavy atom. The van der Waals surface area contributed by atoms with E-state index in [-0.39, 0.29) is 17.9 Å². The van der Waals surface area contributed by atoms with Gasteiger partial charge in [0.05, 0.1) is 0 Å². The van der Waals surface area contributed by atoms with Gasteiger partial charge in [0.2, 0.25) is 11.8 Å². The third-order valence-electron chi connectivity index (χ3n) is 4.47. The van der Waals surface area contributed by atoms with Crippen molar-refractivity contribution in [1.29, 1.82) is 0 Å². The van der Waals surface area contributed by atoms with E-state index in [4.69, 9.17) is 0 Å². The van der Waals surface area contributed by atoms with Crippen LogP contribution in [0.25, 0.3) is 0 Å². The third-order valence-corrected chi connectivity index (χ3v) is 4.47. The standard InChI is InChI=1S/C15H26N2O2/c1-10(2)8-12-13(18)17(9-11-6-5-7-11)15(3,4)14(19)16-12/h10-12H,5-9H2,1-4H3,(H,16,19). The molecule has 4 heteroatoms. The molecule has 1 aliphatic heterocycles. The molecule has 1 heterocycles. The molecule has 1 aliphatic carbocycles. The lowest BCUT2D eigenvalue weighted by Crippen LogP contribution is -2.69. The normalized spacial score (nSPS) is 27.4. The summed E-state index contributed by atoms with van der Waals surface area (Å²) >= 11 is 0. The second-order valence-corrected chi connectivity index (χ2v) is 6.96. The number of nitrogens with one attached hydrogen (secondary N) is 1. The third kappa shape index (κ3) is 2.77. The molecule has 19 heavy (non-hydrogen) atoms. The van der Waals surface area contributed by atoms with Gasteiger partial charge >= 0.3 is 0 Å². The van der Waals surface area contributed by atoms with Crippen LogP contribution < -0.4 is 5.32 Å². The minimum atomic E-state index is -0.708. The van der Waals surface area contributed by atoms with Gasteiger partial charge in [-0.3, -0.25) is 9.59 Å². The molecule has 2 amide bonds. The molecule has 0 bridgehead atoms. The summed E-state index contributed by atoms with van der Waals surface area (Å²) in [5.41, 5.74) is -0.708. The molecule has 108 valence electrons. The number of amides is 2. The molecule has 0 aromatic rings. The van der Waals surface area contributed by atoms with Gasteiger partial charge in [0.25, 0.3) is 0 Å². The zero-order chi connectivity index (χ0) is 14.2. The van der Waals surface area contributed by atoms with Gasteiger partial charge in [-0.2, -0.15) is 0 Å². The minimum absolute atomic E-state index is 0.0166. The van der Waals surface area contributed by atoms with Crippen LogP contribution in [0, 0.1) is 11.8 Å². The van der Waals surface area contributed by atoms with Crippen molar-refractivity contribution in [2.45, 2.75) is 65.0 Å². The molecule has 1 N–H and O–H groups in total. The Balaban J connectivity index is 2.13. The maximum atomic E-state index is 12.6. The van der Waals surface area contributed by atoms with Crippen molar-refractivity contribution in [3.63, 3.8) is 0 Å². The molecule has 2 aliphatic rings. The number of hydrogen-bond donors (Lipinski definition) is 1. The first-order valence-corrected chi connectivity index (χ1v) is 7.44. The number of carbonyl (C=O) groups excluding carboxylic acids is 2. The molecule has 0 aromatic carbocycles. The fourth-order valence-electron chi connectivity index (χ4n) is 2.87. The second kappa shape index (κ2) is 5.14. The highest BCUT2D eigenvalue weighted by Gasteiger charge is 2.47. The first-order valence-electron chi connectivity index (χ1n) is 7.44. The summed E-state index contributed by atoms with van der Waals surface area (Å²) in [5, 5.41) is 2.90. The van der Waals surface area contributed by atoms with Crippen molar-refractivity contribution in [2.75, 3.05) is 6.54 Å². The average Bonchev–Trinajstić information content (AvgIpc) is 2.23. The molecular formula is C15H26N2O2. The number of carbonyl (C=O) groups is 2. The Morgan fingerprint density at radius 3 is 2.42 bits per heavy atom. The molecule has 1 unspecified atom stereocenters. The molecule has 1 saturated heterocycles. The largest absolute Gasteiger partial charge is 0.342 e. The van der Waals surface area contributed by atoms with Crippen molar-refractivity contribution in [1.82, 2.24) is 10.2 Å². The van der Waals surface area contributed by atoms with Crippen molar-refractivity contribution in [3.05, 3.63) is 0 Å². The van der Waals surface area contributed by atoms with E-state index in [9.17, 15) is 9.59 Å². The lowest BCUT2D eigenvalue weighted by atomic mass is 9.82. The van der Waals surface area contributed by atoms with Gasteiger partial charge in [0.1, 0.15) is 11.6 Å². The molecule has 2 rings (SSSR count). The monoisotopic (exact) mass is 266 g/mol. The summed E-state index contributed by atoms with van der Waals surface area (Å²) in [7, 11) is 0. The van der Waals surface area contributed by atoms with Gasteiger partial charge < -0.3 is 10.2 Å². The van der Waals surface area contributed by atoms with E-state index in [0.717, 1.165) is 13.0 Å². The summed E-state index contributed by atoms with van der Waals surface area (Å²) in [6.07, 6.45) is 4.36. The highest BCUT2D eigenvalue weighted by atomic mass is 16.2. The summed E-state index contributed by atoms with van der Waals surface area (Å²) in [5.74, 6) is 1.08. The average molecular weight is 266 g/mol. The van der Waals surface area contributed by atoms with Crippen LogP contribution in [-0.2, 0) is 9.59 Å². The predicted molar refractivity (Wildman–Crippen MR) is 74.5 cm³/mol. The van der Waals surface area contributed by atoms with Crippen LogP contribution in [0.3, 0.4) is 0 Å². The zero-order valence-electron chi connectivity index (χ0n) is 12.5. The van der Waals surface area contributed by atoms with Crippen LogP contribution in [0.2, 0.25) is 0 Å². The van der Waals surface area contributed by atoms with Gasteiger partial charge in [0.15, 0.2) is 0 Å². The predicted octanol–water partition coefficient (Wildman–Crippen LogP) is 1.94. The SMILES string of the molecule is CC(C)CC1NC(=O)C(C)(C)N(CC2CCC2)C1=O. The van der Waals surface area contributed by atoms with Crippen molar-refractivity contribution in [2.24, 2.45) is 11.8 Å². The van der Waals surface area contributed by atoms with E-state index < -0.39 is 5.54 Å². The van der Waals surface area contributed by atoms with Gasteiger partial charge in [0, 0.05) is 6.54 Å². The number of piperazine rings is 1. The van der Waals surface area contributed by atoms with Gasteiger partial charge in [-0.1, -0.05) is 20.3 Å². The Kier molecular flexibility index (Phi) is 3.88. The molecule has 0 radical (unpaired) electrons. The van der Waals surface area contributed by atoms with Crippen LogP contribution in [0.5, 0.6) is 0 Å². The van der Waals surface area contributed by atoms with Crippen molar-refractivity contribution < 1.29 is 9.59 Å². The lowest BCUT2D eigenvalue weighted by molar-refractivity contribution is -0.157. The van der Waals surface area contributed by atoms with Crippen LogP contribution >= 0.6 is 0 Å². The van der Waals surface area contributed by atoms with E-state index in [1.807, 2.05) is 18.7 Å². The molecule has 4 nitrogen and oxygen atoms in total. The van der Waals surface area contributed by atoms with E-state index in [0.29, 0.717) is 11.8 Å². The molecule has 2 fully saturated rings. The summed E-state index contributed by atoms with van der Waals surface area (Å²) < 4.78 is 0. The number of hydrogen-bond acceptors (Lipinski definition) is 2. The Hall–Kier alpha value is -1.06. The summed E-state index contributed by atoms with van der Waals surface area (Å²) in [6, 6.07) is -0.333. The fourth-order valence-corrected chi connectivity index (χ4v) is 2.87.